The smallest absolute Gasteiger partial charge is 0.250 e. The Morgan fingerprint density at radius 2 is 2.28 bits per heavy atom. The van der Waals surface area contributed by atoms with Crippen LogP contribution in [-0.2, 0) is 23.0 Å². The van der Waals surface area contributed by atoms with E-state index < -0.39 is 10.0 Å². The summed E-state index contributed by atoms with van der Waals surface area (Å²) >= 11 is 1.21. The normalized spacial score (nSPS) is 11.8. The van der Waals surface area contributed by atoms with Gasteiger partial charge in [0.2, 0.25) is 16.4 Å². The number of sulfonamides is 1. The minimum Gasteiger partial charge on any atom is -0.343 e. The molecule has 0 aliphatic carbocycles. The van der Waals surface area contributed by atoms with E-state index in [0.29, 0.717) is 13.0 Å². The Balaban J connectivity index is 2.05. The highest BCUT2D eigenvalue weighted by molar-refractivity contribution is 7.91. The van der Waals surface area contributed by atoms with Crippen molar-refractivity contribution in [3.8, 4) is 0 Å². The Kier molecular flexibility index (Phi) is 4.07. The highest BCUT2D eigenvalue weighted by atomic mass is 32.2. The third-order valence-corrected chi connectivity index (χ3v) is 5.16. The molecule has 0 aromatic carbocycles. The summed E-state index contributed by atoms with van der Waals surface area (Å²) in [6.07, 6.45) is 1.82. The zero-order valence-electron chi connectivity index (χ0n) is 9.37. The average Bonchev–Trinajstić information content (AvgIpc) is 2.98. The summed E-state index contributed by atoms with van der Waals surface area (Å²) in [5.41, 5.74) is 5.42. The van der Waals surface area contributed by atoms with E-state index in [0.717, 1.165) is 11.3 Å². The third-order valence-electron chi connectivity index (χ3n) is 2.12. The minimum atomic E-state index is -3.53. The molecule has 0 amide bonds. The quantitative estimate of drug-likeness (QED) is 0.780. The number of hydrogen-bond donors (Lipinski definition) is 2. The number of nitrogens with one attached hydrogen (secondary N) is 1. The fraction of sp³-hybridized carbons (Fsp3) is 0.333. The van der Waals surface area contributed by atoms with Crippen molar-refractivity contribution in [2.75, 3.05) is 6.54 Å². The highest BCUT2D eigenvalue weighted by Gasteiger charge is 2.17. The summed E-state index contributed by atoms with van der Waals surface area (Å²) in [5, 5.41) is 3.52. The van der Waals surface area contributed by atoms with Crippen LogP contribution in [0.4, 0.5) is 0 Å². The fourth-order valence-electron chi connectivity index (χ4n) is 1.28. The van der Waals surface area contributed by atoms with Gasteiger partial charge in [-0.25, -0.2) is 13.1 Å². The first-order chi connectivity index (χ1) is 8.62. The molecule has 18 heavy (non-hydrogen) atoms. The van der Waals surface area contributed by atoms with Crippen molar-refractivity contribution in [1.29, 1.82) is 0 Å². The van der Waals surface area contributed by atoms with E-state index in [1.807, 2.05) is 0 Å². The summed E-state index contributed by atoms with van der Waals surface area (Å²) in [6.45, 7) is 0.499. The van der Waals surface area contributed by atoms with Gasteiger partial charge in [-0.05, 0) is 25.1 Å². The third kappa shape index (κ3) is 3.13. The Labute approximate surface area is 108 Å². The monoisotopic (exact) mass is 288 g/mol. The average molecular weight is 288 g/mol. The summed E-state index contributed by atoms with van der Waals surface area (Å²) in [4.78, 5) is 4.67. The lowest BCUT2D eigenvalue weighted by atomic mass is 10.3. The Bertz CT molecular complexity index is 591. The molecule has 2 rings (SSSR count). The van der Waals surface area contributed by atoms with E-state index in [1.54, 1.807) is 12.1 Å². The van der Waals surface area contributed by atoms with E-state index >= 15 is 0 Å². The first-order valence-corrected chi connectivity index (χ1v) is 7.45. The zero-order chi connectivity index (χ0) is 13.0. The summed E-state index contributed by atoms with van der Waals surface area (Å²) < 4.78 is 31.0. The first-order valence-electron chi connectivity index (χ1n) is 5.15. The number of rotatable bonds is 6. The molecule has 0 radical (unpaired) electrons. The van der Waals surface area contributed by atoms with Gasteiger partial charge in [-0.15, -0.1) is 11.3 Å². The second-order valence-electron chi connectivity index (χ2n) is 3.43. The van der Waals surface area contributed by atoms with Gasteiger partial charge in [0.25, 0.3) is 0 Å². The van der Waals surface area contributed by atoms with Crippen molar-refractivity contribution in [2.45, 2.75) is 17.2 Å². The molecule has 0 saturated carbocycles. The van der Waals surface area contributed by atoms with Crippen molar-refractivity contribution in [3.63, 3.8) is 0 Å². The predicted octanol–water partition coefficient (Wildman–Crippen LogP) is 0.111. The Morgan fingerprint density at radius 3 is 2.94 bits per heavy atom. The van der Waals surface area contributed by atoms with Crippen LogP contribution in [0.5, 0.6) is 0 Å². The highest BCUT2D eigenvalue weighted by Crippen LogP contribution is 2.21. The maximum atomic E-state index is 11.9. The van der Waals surface area contributed by atoms with Crippen LogP contribution >= 0.6 is 11.3 Å². The van der Waals surface area contributed by atoms with Gasteiger partial charge in [0.05, 0.1) is 6.54 Å². The predicted molar refractivity (Wildman–Crippen MR) is 65.4 cm³/mol. The largest absolute Gasteiger partial charge is 0.343 e. The molecule has 0 atom stereocenters. The maximum absolute atomic E-state index is 11.9. The number of nitrogens with two attached hydrogens (primary N) is 1. The minimum absolute atomic E-state index is 0.00293. The van der Waals surface area contributed by atoms with Crippen LogP contribution in [-0.4, -0.2) is 25.1 Å². The molecule has 9 heteroatoms. The number of aromatic nitrogens is 2. The van der Waals surface area contributed by atoms with Gasteiger partial charge in [0.15, 0.2) is 5.82 Å². The molecule has 98 valence electrons. The molecule has 0 spiro atoms. The second-order valence-corrected chi connectivity index (χ2v) is 6.59. The molecule has 2 heterocycles. The molecule has 3 N–H and O–H groups in total. The van der Waals surface area contributed by atoms with Crippen LogP contribution in [0.1, 0.15) is 10.7 Å². The van der Waals surface area contributed by atoms with Gasteiger partial charge in [-0.1, -0.05) is 5.16 Å². The van der Waals surface area contributed by atoms with Crippen molar-refractivity contribution < 1.29 is 12.9 Å². The molecule has 2 aromatic heterocycles. The van der Waals surface area contributed by atoms with Crippen molar-refractivity contribution >= 4 is 21.4 Å². The maximum Gasteiger partial charge on any atom is 0.250 e. The molecule has 0 saturated heterocycles. The molecule has 2 aromatic rings. The van der Waals surface area contributed by atoms with Gasteiger partial charge in [0, 0.05) is 4.88 Å². The lowest BCUT2D eigenvalue weighted by molar-refractivity contribution is 0.409. The first kappa shape index (κ1) is 13.1. The van der Waals surface area contributed by atoms with Crippen LogP contribution in [0, 0.1) is 0 Å². The number of thiophene rings is 1. The molecule has 0 fully saturated rings. The zero-order valence-corrected chi connectivity index (χ0v) is 11.0. The SMILES string of the molecule is NCCc1ccc(S(=O)(=O)NCc2ncon2)s1. The fourth-order valence-corrected chi connectivity index (χ4v) is 3.68. The van der Waals surface area contributed by atoms with Crippen LogP contribution in [0.25, 0.3) is 0 Å². The van der Waals surface area contributed by atoms with E-state index in [4.69, 9.17) is 5.73 Å². The van der Waals surface area contributed by atoms with Crippen LogP contribution in [0.15, 0.2) is 27.3 Å². The molecular weight excluding hydrogens is 276 g/mol. The van der Waals surface area contributed by atoms with Crippen molar-refractivity contribution in [1.82, 2.24) is 14.9 Å². The van der Waals surface area contributed by atoms with Gasteiger partial charge in [-0.2, -0.15) is 4.98 Å². The number of hydrogen-bond acceptors (Lipinski definition) is 7. The lowest BCUT2D eigenvalue weighted by Crippen LogP contribution is -2.22. The topological polar surface area (TPSA) is 111 Å². The van der Waals surface area contributed by atoms with Crippen LogP contribution in [0.3, 0.4) is 0 Å². The Morgan fingerprint density at radius 1 is 1.44 bits per heavy atom. The Hall–Kier alpha value is -1.29. The second kappa shape index (κ2) is 5.57. The summed E-state index contributed by atoms with van der Waals surface area (Å²) in [5.74, 6) is 0.289. The molecule has 0 aliphatic rings. The summed E-state index contributed by atoms with van der Waals surface area (Å²) in [6, 6.07) is 3.33. The van der Waals surface area contributed by atoms with E-state index in [-0.39, 0.29) is 16.6 Å². The number of nitrogens with zero attached hydrogens (tertiary/aromatic N) is 2. The van der Waals surface area contributed by atoms with Gasteiger partial charge < -0.3 is 10.3 Å². The lowest BCUT2D eigenvalue weighted by Gasteiger charge is -2.01. The molecule has 0 bridgehead atoms. The van der Waals surface area contributed by atoms with Crippen molar-refractivity contribution in [3.05, 3.63) is 29.2 Å². The molecule has 7 nitrogen and oxygen atoms in total. The standard InChI is InChI=1S/C9H12N4O3S2/c10-4-3-7-1-2-9(17-7)18(14,15)12-5-8-11-6-16-13-8/h1-2,6,12H,3-5,10H2. The molecular formula is C9H12N4O3S2. The van der Waals surface area contributed by atoms with Crippen LogP contribution < -0.4 is 10.5 Å². The van der Waals surface area contributed by atoms with Gasteiger partial charge >= 0.3 is 0 Å². The van der Waals surface area contributed by atoms with Gasteiger partial charge in [-0.3, -0.25) is 0 Å². The van der Waals surface area contributed by atoms with E-state index in [2.05, 4.69) is 19.4 Å². The van der Waals surface area contributed by atoms with Crippen LogP contribution in [0.2, 0.25) is 0 Å². The van der Waals surface area contributed by atoms with Crippen molar-refractivity contribution in [2.24, 2.45) is 5.73 Å². The molecule has 0 unspecified atom stereocenters. The van der Waals surface area contributed by atoms with E-state index in [1.165, 1.54) is 11.3 Å². The summed E-state index contributed by atoms with van der Waals surface area (Å²) in [7, 11) is -3.53. The van der Waals surface area contributed by atoms with E-state index in [9.17, 15) is 8.42 Å². The van der Waals surface area contributed by atoms with Gasteiger partial charge in [0.1, 0.15) is 4.21 Å². The molecule has 0 aliphatic heterocycles.